The number of aromatic nitrogens is 2. The van der Waals surface area contributed by atoms with Gasteiger partial charge in [0.2, 0.25) is 0 Å². The van der Waals surface area contributed by atoms with Crippen molar-refractivity contribution in [1.82, 2.24) is 9.97 Å². The molecular weight excluding hydrogens is 303 g/mol. The molecule has 0 aliphatic heterocycles. The van der Waals surface area contributed by atoms with E-state index in [0.29, 0.717) is 19.0 Å². The van der Waals surface area contributed by atoms with E-state index in [1.54, 1.807) is 12.4 Å². The largest absolute Gasteiger partial charge is 0.370 e. The van der Waals surface area contributed by atoms with E-state index in [1.165, 1.54) is 44.6 Å². The summed E-state index contributed by atoms with van der Waals surface area (Å²) in [6.45, 7) is 0.640. The van der Waals surface area contributed by atoms with Gasteiger partial charge < -0.3 is 10.6 Å². The Morgan fingerprint density at radius 3 is 2.54 bits per heavy atom. The van der Waals surface area contributed by atoms with Gasteiger partial charge in [-0.2, -0.15) is 0 Å². The molecule has 128 valence electrons. The molecule has 3 rings (SSSR count). The van der Waals surface area contributed by atoms with Crippen molar-refractivity contribution in [3.05, 3.63) is 48.0 Å². The smallest absolute Gasteiger partial charge is 0.131 e. The Hall–Kier alpha value is -2.17. The molecule has 0 bridgehead atoms. The molecule has 1 heterocycles. The summed E-state index contributed by atoms with van der Waals surface area (Å²) in [4.78, 5) is 8.57. The van der Waals surface area contributed by atoms with Gasteiger partial charge >= 0.3 is 0 Å². The summed E-state index contributed by atoms with van der Waals surface area (Å²) in [5.74, 6) is 1.49. The third-order valence-electron chi connectivity index (χ3n) is 4.53. The fourth-order valence-corrected chi connectivity index (χ4v) is 3.19. The van der Waals surface area contributed by atoms with Crippen LogP contribution in [0.3, 0.4) is 0 Å². The van der Waals surface area contributed by atoms with Crippen LogP contribution >= 0.6 is 0 Å². The number of rotatable bonds is 6. The minimum absolute atomic E-state index is 0.155. The second kappa shape index (κ2) is 8.62. The second-order valence-corrected chi connectivity index (χ2v) is 6.39. The van der Waals surface area contributed by atoms with E-state index < -0.39 is 0 Å². The minimum Gasteiger partial charge on any atom is -0.370 e. The fourth-order valence-electron chi connectivity index (χ4n) is 3.19. The van der Waals surface area contributed by atoms with Gasteiger partial charge in [0.05, 0.1) is 0 Å². The molecule has 1 aromatic carbocycles. The number of halogens is 1. The average molecular weight is 328 g/mol. The van der Waals surface area contributed by atoms with Crippen LogP contribution in [0, 0.1) is 5.82 Å². The van der Waals surface area contributed by atoms with E-state index in [4.69, 9.17) is 0 Å². The van der Waals surface area contributed by atoms with E-state index in [-0.39, 0.29) is 5.82 Å². The Labute approximate surface area is 142 Å². The van der Waals surface area contributed by atoms with Gasteiger partial charge in [0.25, 0.3) is 0 Å². The number of nitrogens with one attached hydrogen (secondary N) is 2. The monoisotopic (exact) mass is 328 g/mol. The summed E-state index contributed by atoms with van der Waals surface area (Å²) >= 11 is 0. The van der Waals surface area contributed by atoms with E-state index in [0.717, 1.165) is 17.2 Å². The number of nitrogens with zero attached hydrogens (tertiary/aromatic N) is 2. The summed E-state index contributed by atoms with van der Waals surface area (Å²) in [6.07, 6.45) is 9.87. The molecule has 1 fully saturated rings. The van der Waals surface area contributed by atoms with E-state index in [1.807, 2.05) is 18.2 Å². The predicted molar refractivity (Wildman–Crippen MR) is 95.7 cm³/mol. The van der Waals surface area contributed by atoms with Gasteiger partial charge in [-0.3, -0.25) is 0 Å². The molecule has 2 N–H and O–H groups in total. The zero-order valence-corrected chi connectivity index (χ0v) is 14.0. The molecule has 2 aromatic rings. The van der Waals surface area contributed by atoms with Crippen LogP contribution in [0.4, 0.5) is 16.0 Å². The van der Waals surface area contributed by atoms with Gasteiger partial charge in [0.15, 0.2) is 0 Å². The quantitative estimate of drug-likeness (QED) is 0.772. The van der Waals surface area contributed by atoms with Crippen molar-refractivity contribution < 1.29 is 4.39 Å². The number of benzene rings is 1. The number of hydrogen-bond acceptors (Lipinski definition) is 4. The maximum absolute atomic E-state index is 13.6. The lowest BCUT2D eigenvalue weighted by Gasteiger charge is -2.17. The Bertz CT molecular complexity index is 639. The van der Waals surface area contributed by atoms with Crippen molar-refractivity contribution in [3.8, 4) is 0 Å². The van der Waals surface area contributed by atoms with Crippen molar-refractivity contribution in [3.63, 3.8) is 0 Å². The van der Waals surface area contributed by atoms with Crippen LogP contribution in [0.5, 0.6) is 0 Å². The Morgan fingerprint density at radius 2 is 1.75 bits per heavy atom. The predicted octanol–water partition coefficient (Wildman–Crippen LogP) is 4.41. The molecule has 0 radical (unpaired) electrons. The maximum Gasteiger partial charge on any atom is 0.131 e. The molecule has 24 heavy (non-hydrogen) atoms. The van der Waals surface area contributed by atoms with Crippen molar-refractivity contribution in [1.29, 1.82) is 0 Å². The van der Waals surface area contributed by atoms with Crippen LogP contribution in [0.15, 0.2) is 36.7 Å². The maximum atomic E-state index is 13.6. The molecule has 1 aliphatic rings. The molecule has 0 spiro atoms. The molecule has 5 heteroatoms. The Balaban J connectivity index is 1.52. The fraction of sp³-hybridized carbons (Fsp3) is 0.474. The highest BCUT2D eigenvalue weighted by atomic mass is 19.1. The van der Waals surface area contributed by atoms with Crippen LogP contribution in [-0.4, -0.2) is 22.6 Å². The zero-order valence-electron chi connectivity index (χ0n) is 14.0. The van der Waals surface area contributed by atoms with Gasteiger partial charge in [-0.25, -0.2) is 14.4 Å². The minimum atomic E-state index is -0.155. The third kappa shape index (κ3) is 4.91. The van der Waals surface area contributed by atoms with Gasteiger partial charge in [-0.1, -0.05) is 43.9 Å². The molecule has 1 saturated carbocycles. The van der Waals surface area contributed by atoms with Gasteiger partial charge in [-0.15, -0.1) is 0 Å². The standard InChI is InChI=1S/C19H25FN4/c20-17-10-6-5-7-15(17)11-12-21-18-13-19(23-14-22-18)24-16-8-3-1-2-4-9-16/h5-7,10,13-14,16H,1-4,8-9,11-12H2,(H2,21,22,23,24). The number of anilines is 2. The van der Waals surface area contributed by atoms with Crippen molar-refractivity contribution >= 4 is 11.6 Å². The lowest BCUT2D eigenvalue weighted by atomic mass is 10.1. The normalized spacial score (nSPS) is 15.7. The molecule has 4 nitrogen and oxygen atoms in total. The van der Waals surface area contributed by atoms with E-state index in [2.05, 4.69) is 20.6 Å². The molecule has 1 aromatic heterocycles. The molecule has 0 amide bonds. The molecule has 0 saturated heterocycles. The van der Waals surface area contributed by atoms with Crippen LogP contribution in [0.25, 0.3) is 0 Å². The lowest BCUT2D eigenvalue weighted by Crippen LogP contribution is -2.19. The Morgan fingerprint density at radius 1 is 1.00 bits per heavy atom. The second-order valence-electron chi connectivity index (χ2n) is 6.39. The molecule has 0 atom stereocenters. The topological polar surface area (TPSA) is 49.8 Å². The molecule has 0 unspecified atom stereocenters. The van der Waals surface area contributed by atoms with Crippen LogP contribution in [0.1, 0.15) is 44.1 Å². The van der Waals surface area contributed by atoms with Gasteiger partial charge in [0, 0.05) is 18.7 Å². The summed E-state index contributed by atoms with van der Waals surface area (Å²) in [5, 5.41) is 6.78. The van der Waals surface area contributed by atoms with Crippen LogP contribution in [-0.2, 0) is 6.42 Å². The Kier molecular flexibility index (Phi) is 5.99. The SMILES string of the molecule is Fc1ccccc1CCNc1cc(NC2CCCCCC2)ncn1. The van der Waals surface area contributed by atoms with E-state index >= 15 is 0 Å². The first-order chi connectivity index (χ1) is 11.8. The van der Waals surface area contributed by atoms with Crippen LogP contribution in [0.2, 0.25) is 0 Å². The van der Waals surface area contributed by atoms with Crippen molar-refractivity contribution in [2.75, 3.05) is 17.2 Å². The van der Waals surface area contributed by atoms with Gasteiger partial charge in [-0.05, 0) is 30.9 Å². The molecule has 1 aliphatic carbocycles. The first kappa shape index (κ1) is 16.7. The number of hydrogen-bond donors (Lipinski definition) is 2. The first-order valence-electron chi connectivity index (χ1n) is 8.87. The summed E-state index contributed by atoms with van der Waals surface area (Å²) in [5.41, 5.74) is 0.718. The highest BCUT2D eigenvalue weighted by Crippen LogP contribution is 2.21. The van der Waals surface area contributed by atoms with Crippen molar-refractivity contribution in [2.24, 2.45) is 0 Å². The van der Waals surface area contributed by atoms with Crippen molar-refractivity contribution in [2.45, 2.75) is 51.0 Å². The first-order valence-corrected chi connectivity index (χ1v) is 8.87. The third-order valence-corrected chi connectivity index (χ3v) is 4.53. The summed E-state index contributed by atoms with van der Waals surface area (Å²) in [7, 11) is 0. The zero-order chi connectivity index (χ0) is 16.6. The summed E-state index contributed by atoms with van der Waals surface area (Å²) < 4.78 is 13.6. The highest BCUT2D eigenvalue weighted by Gasteiger charge is 2.12. The van der Waals surface area contributed by atoms with Gasteiger partial charge in [0.1, 0.15) is 23.8 Å². The van der Waals surface area contributed by atoms with Crippen LogP contribution < -0.4 is 10.6 Å². The highest BCUT2D eigenvalue weighted by molar-refractivity contribution is 5.47. The van der Waals surface area contributed by atoms with E-state index in [9.17, 15) is 4.39 Å². The summed E-state index contributed by atoms with van der Waals surface area (Å²) in [6, 6.07) is 9.32. The molecular formula is C19H25FN4. The lowest BCUT2D eigenvalue weighted by molar-refractivity contribution is 0.610. The average Bonchev–Trinajstić information content (AvgIpc) is 2.86.